The molecule has 3 rings (SSSR count). The van der Waals surface area contributed by atoms with Gasteiger partial charge in [0, 0.05) is 38.4 Å². The molecule has 3 aromatic rings. The van der Waals surface area contributed by atoms with Crippen LogP contribution in [0.1, 0.15) is 17.3 Å². The number of amides is 1. The Morgan fingerprint density at radius 2 is 1.76 bits per heavy atom. The molecular weight excluding hydrogens is 384 g/mol. The van der Waals surface area contributed by atoms with Gasteiger partial charge in [-0.15, -0.1) is 0 Å². The number of fused-ring (bicyclic) bond motifs is 1. The fourth-order valence-corrected chi connectivity index (χ4v) is 3.95. The van der Waals surface area contributed by atoms with E-state index in [0.717, 1.165) is 28.2 Å². The molecule has 0 aliphatic heterocycles. The van der Waals surface area contributed by atoms with Crippen LogP contribution in [-0.4, -0.2) is 63.7 Å². The molecule has 0 aliphatic rings. The highest BCUT2D eigenvalue weighted by Crippen LogP contribution is 2.34. The van der Waals surface area contributed by atoms with Crippen LogP contribution >= 0.6 is 11.3 Å². The number of ether oxygens (including phenoxy) is 1. The number of aromatic nitrogens is 1. The number of hydrogen-bond acceptors (Lipinski definition) is 6. The molecule has 0 fully saturated rings. The van der Waals surface area contributed by atoms with Crippen LogP contribution in [0, 0.1) is 0 Å². The summed E-state index contributed by atoms with van der Waals surface area (Å²) in [6.07, 6.45) is 0. The van der Waals surface area contributed by atoms with Crippen LogP contribution in [0.2, 0.25) is 0 Å². The van der Waals surface area contributed by atoms with Crippen LogP contribution in [0.25, 0.3) is 10.2 Å². The summed E-state index contributed by atoms with van der Waals surface area (Å²) < 4.78 is 6.73. The lowest BCUT2D eigenvalue weighted by atomic mass is 10.1. The second-order valence-corrected chi connectivity index (χ2v) is 8.24. The average molecular weight is 413 g/mol. The summed E-state index contributed by atoms with van der Waals surface area (Å²) in [6.45, 7) is 3.84. The van der Waals surface area contributed by atoms with Gasteiger partial charge in [-0.2, -0.15) is 0 Å². The Hall–Kier alpha value is -2.64. The van der Waals surface area contributed by atoms with Crippen molar-refractivity contribution in [1.82, 2.24) is 9.88 Å². The van der Waals surface area contributed by atoms with Crippen molar-refractivity contribution in [3.05, 3.63) is 48.0 Å². The molecule has 6 nitrogen and oxygen atoms in total. The molecule has 7 heteroatoms. The van der Waals surface area contributed by atoms with Gasteiger partial charge in [-0.25, -0.2) is 4.98 Å². The molecule has 0 N–H and O–H groups in total. The van der Waals surface area contributed by atoms with E-state index in [-0.39, 0.29) is 5.91 Å². The van der Waals surface area contributed by atoms with Crippen molar-refractivity contribution in [1.29, 1.82) is 0 Å². The maximum Gasteiger partial charge on any atom is 0.260 e. The van der Waals surface area contributed by atoms with Crippen molar-refractivity contribution in [3.8, 4) is 5.75 Å². The summed E-state index contributed by atoms with van der Waals surface area (Å²) in [6, 6.07) is 13.6. The van der Waals surface area contributed by atoms with Gasteiger partial charge in [0.15, 0.2) is 5.13 Å². The Balaban J connectivity index is 1.97. The molecule has 154 valence electrons. The zero-order valence-electron chi connectivity index (χ0n) is 17.7. The lowest BCUT2D eigenvalue weighted by Crippen LogP contribution is -2.36. The van der Waals surface area contributed by atoms with Crippen molar-refractivity contribution in [2.24, 2.45) is 0 Å². The number of carbonyl (C=O) groups excluding carboxylic acids is 1. The van der Waals surface area contributed by atoms with Crippen LogP contribution in [0.3, 0.4) is 0 Å². The third kappa shape index (κ3) is 4.86. The second-order valence-electron chi connectivity index (χ2n) is 7.23. The molecule has 0 radical (unpaired) electrons. The quantitative estimate of drug-likeness (QED) is 0.560. The maximum atomic E-state index is 13.4. The van der Waals surface area contributed by atoms with Crippen LogP contribution < -0.4 is 14.5 Å². The molecule has 0 spiro atoms. The number of thiazole rings is 1. The van der Waals surface area contributed by atoms with Gasteiger partial charge in [0.05, 0.1) is 11.3 Å². The minimum atomic E-state index is -0.0471. The number of hydrogen-bond donors (Lipinski definition) is 0. The molecule has 0 bridgehead atoms. The summed E-state index contributed by atoms with van der Waals surface area (Å²) >= 11 is 1.52. The zero-order chi connectivity index (χ0) is 21.0. The monoisotopic (exact) mass is 412 g/mol. The fourth-order valence-electron chi connectivity index (χ4n) is 2.94. The summed E-state index contributed by atoms with van der Waals surface area (Å²) in [7, 11) is 7.97. The molecule has 0 saturated carbocycles. The van der Waals surface area contributed by atoms with E-state index in [1.54, 1.807) is 4.90 Å². The molecule has 1 heterocycles. The molecule has 1 aromatic heterocycles. The van der Waals surface area contributed by atoms with Gasteiger partial charge in [0.2, 0.25) is 0 Å². The first-order valence-corrected chi connectivity index (χ1v) is 10.5. The standard InChI is InChI=1S/C22H28N4O2S/c1-6-28-18-8-7-9-19-20(18)23-22(29-19)26(15-14-24(2)3)21(27)16-10-12-17(13-11-16)25(4)5/h7-13H,6,14-15H2,1-5H3. The van der Waals surface area contributed by atoms with Crippen LogP contribution in [0.15, 0.2) is 42.5 Å². The Morgan fingerprint density at radius 1 is 1.03 bits per heavy atom. The van der Waals surface area contributed by atoms with E-state index in [4.69, 9.17) is 9.72 Å². The molecule has 0 aliphatic carbocycles. The first-order valence-electron chi connectivity index (χ1n) is 9.67. The molecule has 0 unspecified atom stereocenters. The molecule has 29 heavy (non-hydrogen) atoms. The Labute approximate surface area is 176 Å². The molecule has 2 aromatic carbocycles. The number of likely N-dealkylation sites (N-methyl/N-ethyl adjacent to an activating group) is 1. The smallest absolute Gasteiger partial charge is 0.260 e. The van der Waals surface area contributed by atoms with Crippen LogP contribution in [0.4, 0.5) is 10.8 Å². The summed E-state index contributed by atoms with van der Waals surface area (Å²) in [5, 5.41) is 0.690. The number of benzene rings is 2. The van der Waals surface area contributed by atoms with E-state index >= 15 is 0 Å². The Kier molecular flexibility index (Phi) is 6.71. The highest BCUT2D eigenvalue weighted by atomic mass is 32.1. The Bertz CT molecular complexity index is 967. The van der Waals surface area contributed by atoms with Gasteiger partial charge < -0.3 is 14.5 Å². The number of nitrogens with zero attached hydrogens (tertiary/aromatic N) is 4. The first kappa shape index (κ1) is 21.1. The normalized spacial score (nSPS) is 11.1. The number of para-hydroxylation sites is 1. The second kappa shape index (κ2) is 9.24. The number of carbonyl (C=O) groups is 1. The minimum absolute atomic E-state index is 0.0471. The summed E-state index contributed by atoms with van der Waals surface area (Å²) in [5.74, 6) is 0.706. The third-order valence-electron chi connectivity index (χ3n) is 4.55. The van der Waals surface area contributed by atoms with Crippen LogP contribution in [-0.2, 0) is 0 Å². The van der Waals surface area contributed by atoms with Crippen molar-refractivity contribution in [3.63, 3.8) is 0 Å². The van der Waals surface area contributed by atoms with Gasteiger partial charge in [0.25, 0.3) is 5.91 Å². The molecular formula is C22H28N4O2S. The van der Waals surface area contributed by atoms with E-state index in [2.05, 4.69) is 4.90 Å². The van der Waals surface area contributed by atoms with E-state index in [1.165, 1.54) is 11.3 Å². The van der Waals surface area contributed by atoms with Crippen molar-refractivity contribution in [2.75, 3.05) is 57.7 Å². The summed E-state index contributed by atoms with van der Waals surface area (Å²) in [4.78, 5) is 24.0. The predicted octanol–water partition coefficient (Wildman–Crippen LogP) is 3.97. The highest BCUT2D eigenvalue weighted by Gasteiger charge is 2.22. The highest BCUT2D eigenvalue weighted by molar-refractivity contribution is 7.22. The van der Waals surface area contributed by atoms with Crippen molar-refractivity contribution in [2.45, 2.75) is 6.92 Å². The lowest BCUT2D eigenvalue weighted by molar-refractivity contribution is 0.0985. The van der Waals surface area contributed by atoms with Crippen molar-refractivity contribution < 1.29 is 9.53 Å². The number of anilines is 2. The van der Waals surface area contributed by atoms with Gasteiger partial charge >= 0.3 is 0 Å². The van der Waals surface area contributed by atoms with Gasteiger partial charge in [-0.1, -0.05) is 17.4 Å². The van der Waals surface area contributed by atoms with E-state index in [9.17, 15) is 4.79 Å². The molecule has 0 atom stereocenters. The van der Waals surface area contributed by atoms with E-state index in [0.29, 0.717) is 23.8 Å². The third-order valence-corrected chi connectivity index (χ3v) is 5.59. The minimum Gasteiger partial charge on any atom is -0.492 e. The van der Waals surface area contributed by atoms with Gasteiger partial charge in [0.1, 0.15) is 11.3 Å². The zero-order valence-corrected chi connectivity index (χ0v) is 18.5. The fraction of sp³-hybridized carbons (Fsp3) is 0.364. The van der Waals surface area contributed by atoms with E-state index in [1.807, 2.05) is 82.5 Å². The Morgan fingerprint density at radius 3 is 2.38 bits per heavy atom. The molecule has 0 saturated heterocycles. The SMILES string of the molecule is CCOc1cccc2sc(N(CCN(C)C)C(=O)c3ccc(N(C)C)cc3)nc12. The summed E-state index contributed by atoms with van der Waals surface area (Å²) in [5.41, 5.74) is 2.52. The van der Waals surface area contributed by atoms with Gasteiger partial charge in [-0.05, 0) is 57.4 Å². The predicted molar refractivity (Wildman–Crippen MR) is 122 cm³/mol. The van der Waals surface area contributed by atoms with Crippen LogP contribution in [0.5, 0.6) is 5.75 Å². The number of rotatable bonds is 8. The molecule has 1 amide bonds. The van der Waals surface area contributed by atoms with Crippen molar-refractivity contribution >= 4 is 38.3 Å². The first-order chi connectivity index (χ1) is 13.9. The lowest BCUT2D eigenvalue weighted by Gasteiger charge is -2.22. The van der Waals surface area contributed by atoms with Gasteiger partial charge in [-0.3, -0.25) is 9.69 Å². The van der Waals surface area contributed by atoms with E-state index < -0.39 is 0 Å². The average Bonchev–Trinajstić information content (AvgIpc) is 3.13. The largest absolute Gasteiger partial charge is 0.492 e. The maximum absolute atomic E-state index is 13.4. The topological polar surface area (TPSA) is 48.9 Å².